The summed E-state index contributed by atoms with van der Waals surface area (Å²) in [5.74, 6) is -0.149. The Kier molecular flexibility index (Phi) is 4.49. The van der Waals surface area contributed by atoms with E-state index < -0.39 is 0 Å². The number of aliphatic hydroxyl groups excluding tert-OH is 1. The van der Waals surface area contributed by atoms with Crippen LogP contribution in [0, 0.1) is 0 Å². The van der Waals surface area contributed by atoms with Crippen molar-refractivity contribution in [3.8, 4) is 0 Å². The minimum Gasteiger partial charge on any atom is -0.397 e. The number of carbonyl (C=O) groups excluding carboxylic acids is 1. The van der Waals surface area contributed by atoms with E-state index in [2.05, 4.69) is 5.32 Å². The summed E-state index contributed by atoms with van der Waals surface area (Å²) in [6.45, 7) is 0. The third-order valence-electron chi connectivity index (χ3n) is 4.09. The van der Waals surface area contributed by atoms with Crippen molar-refractivity contribution in [2.45, 2.75) is 37.8 Å². The summed E-state index contributed by atoms with van der Waals surface area (Å²) in [5, 5.41) is 12.7. The van der Waals surface area contributed by atoms with Gasteiger partial charge in [0.15, 0.2) is 0 Å². The van der Waals surface area contributed by atoms with Gasteiger partial charge in [0, 0.05) is 19.7 Å². The van der Waals surface area contributed by atoms with Gasteiger partial charge in [-0.1, -0.05) is 12.8 Å². The van der Waals surface area contributed by atoms with Crippen LogP contribution in [-0.4, -0.2) is 37.3 Å². The molecule has 1 aliphatic rings. The Labute approximate surface area is 119 Å². The molecule has 5 heteroatoms. The number of anilines is 2. The van der Waals surface area contributed by atoms with E-state index in [4.69, 9.17) is 5.73 Å². The van der Waals surface area contributed by atoms with Crippen molar-refractivity contribution in [1.82, 2.24) is 5.32 Å². The van der Waals surface area contributed by atoms with Crippen LogP contribution in [-0.2, 0) is 0 Å². The monoisotopic (exact) mass is 277 g/mol. The van der Waals surface area contributed by atoms with Crippen LogP contribution in [0.2, 0.25) is 0 Å². The summed E-state index contributed by atoms with van der Waals surface area (Å²) in [6, 6.07) is 5.38. The zero-order valence-corrected chi connectivity index (χ0v) is 12.1. The highest BCUT2D eigenvalue weighted by molar-refractivity contribution is 5.96. The normalized spacial score (nSPS) is 22.4. The number of carbonyl (C=O) groups is 1. The van der Waals surface area contributed by atoms with Crippen LogP contribution >= 0.6 is 0 Å². The minimum absolute atomic E-state index is 0.0944. The number of benzene rings is 1. The predicted octanol–water partition coefficient (Wildman–Crippen LogP) is 1.37. The first-order chi connectivity index (χ1) is 9.54. The Balaban J connectivity index is 2.21. The van der Waals surface area contributed by atoms with E-state index in [1.807, 2.05) is 18.0 Å². The lowest BCUT2D eigenvalue weighted by Crippen LogP contribution is -2.43. The van der Waals surface area contributed by atoms with Crippen molar-refractivity contribution in [3.05, 3.63) is 23.8 Å². The Bertz CT molecular complexity index is 490. The molecule has 20 heavy (non-hydrogen) atoms. The summed E-state index contributed by atoms with van der Waals surface area (Å²) >= 11 is 0. The molecule has 0 heterocycles. The average molecular weight is 277 g/mol. The summed E-state index contributed by atoms with van der Waals surface area (Å²) in [7, 11) is 3.54. The van der Waals surface area contributed by atoms with Crippen LogP contribution < -0.4 is 16.0 Å². The van der Waals surface area contributed by atoms with Gasteiger partial charge >= 0.3 is 0 Å². The van der Waals surface area contributed by atoms with Crippen LogP contribution in [0.4, 0.5) is 11.4 Å². The number of rotatable bonds is 3. The summed E-state index contributed by atoms with van der Waals surface area (Å²) < 4.78 is 0. The molecule has 0 aliphatic heterocycles. The number of nitrogen functional groups attached to an aromatic ring is 1. The second-order valence-electron chi connectivity index (χ2n) is 5.38. The Morgan fingerprint density at radius 3 is 2.70 bits per heavy atom. The van der Waals surface area contributed by atoms with Crippen molar-refractivity contribution in [2.75, 3.05) is 24.7 Å². The van der Waals surface area contributed by atoms with E-state index in [1.54, 1.807) is 19.2 Å². The highest BCUT2D eigenvalue weighted by Gasteiger charge is 2.27. The maximum Gasteiger partial charge on any atom is 0.251 e. The second kappa shape index (κ2) is 6.13. The molecule has 4 N–H and O–H groups in total. The number of likely N-dealkylation sites (N-methyl/N-ethyl adjacent to an activating group) is 1. The molecule has 1 fully saturated rings. The van der Waals surface area contributed by atoms with E-state index in [0.717, 1.165) is 31.4 Å². The SMILES string of the molecule is CNC(=O)c1ccc(N(C)C2CCCCC2O)c(N)c1. The number of aliphatic hydroxyl groups is 1. The van der Waals surface area contributed by atoms with Crippen LogP contribution in [0.25, 0.3) is 0 Å². The van der Waals surface area contributed by atoms with Crippen molar-refractivity contribution < 1.29 is 9.90 Å². The fourth-order valence-electron chi connectivity index (χ4n) is 2.88. The lowest BCUT2D eigenvalue weighted by molar-refractivity contribution is 0.0962. The first-order valence-electron chi connectivity index (χ1n) is 7.07. The van der Waals surface area contributed by atoms with Crippen LogP contribution in [0.15, 0.2) is 18.2 Å². The molecule has 2 rings (SSSR count). The molecular weight excluding hydrogens is 254 g/mol. The molecule has 0 saturated heterocycles. The third-order valence-corrected chi connectivity index (χ3v) is 4.09. The van der Waals surface area contributed by atoms with Crippen molar-refractivity contribution in [2.24, 2.45) is 0 Å². The molecule has 0 radical (unpaired) electrons. The van der Waals surface area contributed by atoms with Gasteiger partial charge in [-0.05, 0) is 31.0 Å². The second-order valence-corrected chi connectivity index (χ2v) is 5.38. The van der Waals surface area contributed by atoms with Gasteiger partial charge in [-0.3, -0.25) is 4.79 Å². The van der Waals surface area contributed by atoms with Crippen LogP contribution in [0.5, 0.6) is 0 Å². The molecule has 0 aromatic heterocycles. The van der Waals surface area contributed by atoms with Gasteiger partial charge in [0.1, 0.15) is 0 Å². The highest BCUT2D eigenvalue weighted by Crippen LogP contribution is 2.30. The van der Waals surface area contributed by atoms with Gasteiger partial charge in [-0.15, -0.1) is 0 Å². The highest BCUT2D eigenvalue weighted by atomic mass is 16.3. The fraction of sp³-hybridized carbons (Fsp3) is 0.533. The number of amides is 1. The maximum atomic E-state index is 11.6. The number of nitrogens with one attached hydrogen (secondary N) is 1. The Morgan fingerprint density at radius 1 is 1.40 bits per heavy atom. The molecule has 2 unspecified atom stereocenters. The third kappa shape index (κ3) is 2.88. The van der Waals surface area contributed by atoms with E-state index in [0.29, 0.717) is 11.3 Å². The van der Waals surface area contributed by atoms with Crippen molar-refractivity contribution in [1.29, 1.82) is 0 Å². The van der Waals surface area contributed by atoms with Gasteiger partial charge in [-0.25, -0.2) is 0 Å². The molecule has 2 atom stereocenters. The van der Waals surface area contributed by atoms with Crippen molar-refractivity contribution in [3.63, 3.8) is 0 Å². The number of hydrogen-bond acceptors (Lipinski definition) is 4. The molecule has 1 aliphatic carbocycles. The van der Waals surface area contributed by atoms with E-state index in [-0.39, 0.29) is 18.1 Å². The van der Waals surface area contributed by atoms with Crippen molar-refractivity contribution >= 4 is 17.3 Å². The summed E-state index contributed by atoms with van der Waals surface area (Å²) in [5.41, 5.74) is 8.04. The van der Waals surface area contributed by atoms with Gasteiger partial charge < -0.3 is 21.1 Å². The van der Waals surface area contributed by atoms with Gasteiger partial charge in [0.25, 0.3) is 5.91 Å². The zero-order chi connectivity index (χ0) is 14.7. The first-order valence-corrected chi connectivity index (χ1v) is 7.07. The standard InChI is InChI=1S/C15H23N3O2/c1-17-15(20)10-7-8-12(11(16)9-10)18(2)13-5-3-4-6-14(13)19/h7-9,13-14,19H,3-6,16H2,1-2H3,(H,17,20). The van der Waals surface area contributed by atoms with Gasteiger partial charge in [-0.2, -0.15) is 0 Å². The minimum atomic E-state index is -0.313. The molecular formula is C15H23N3O2. The molecule has 1 aromatic rings. The largest absolute Gasteiger partial charge is 0.397 e. The van der Waals surface area contributed by atoms with E-state index in [1.165, 1.54) is 0 Å². The fourth-order valence-corrected chi connectivity index (χ4v) is 2.88. The Morgan fingerprint density at radius 2 is 2.10 bits per heavy atom. The van der Waals surface area contributed by atoms with Crippen LogP contribution in [0.1, 0.15) is 36.0 Å². The molecule has 1 aromatic carbocycles. The van der Waals surface area contributed by atoms with Gasteiger partial charge in [0.05, 0.1) is 23.5 Å². The Hall–Kier alpha value is -1.75. The van der Waals surface area contributed by atoms with E-state index >= 15 is 0 Å². The predicted molar refractivity (Wildman–Crippen MR) is 80.9 cm³/mol. The molecule has 0 bridgehead atoms. The first kappa shape index (κ1) is 14.7. The summed E-state index contributed by atoms with van der Waals surface area (Å²) in [6.07, 6.45) is 3.70. The molecule has 5 nitrogen and oxygen atoms in total. The molecule has 0 spiro atoms. The number of hydrogen-bond donors (Lipinski definition) is 3. The lowest BCUT2D eigenvalue weighted by Gasteiger charge is -2.37. The van der Waals surface area contributed by atoms with Crippen LogP contribution in [0.3, 0.4) is 0 Å². The molecule has 110 valence electrons. The smallest absolute Gasteiger partial charge is 0.251 e. The topological polar surface area (TPSA) is 78.6 Å². The zero-order valence-electron chi connectivity index (χ0n) is 12.1. The number of nitrogens with two attached hydrogens (primary N) is 1. The van der Waals surface area contributed by atoms with Gasteiger partial charge in [0.2, 0.25) is 0 Å². The molecule has 1 saturated carbocycles. The lowest BCUT2D eigenvalue weighted by atomic mass is 9.91. The quantitative estimate of drug-likeness (QED) is 0.729. The molecule has 1 amide bonds. The number of nitrogens with zero attached hydrogens (tertiary/aromatic N) is 1. The summed E-state index contributed by atoms with van der Waals surface area (Å²) in [4.78, 5) is 13.6. The van der Waals surface area contributed by atoms with E-state index in [9.17, 15) is 9.90 Å². The average Bonchev–Trinajstić information content (AvgIpc) is 2.46. The maximum absolute atomic E-state index is 11.6.